The van der Waals surface area contributed by atoms with Gasteiger partial charge in [0.1, 0.15) is 18.4 Å². The van der Waals surface area contributed by atoms with Crippen LogP contribution in [-0.4, -0.2) is 69.3 Å². The number of hydrogen-bond donors (Lipinski definition) is 2. The number of halogens is 1. The Morgan fingerprint density at radius 2 is 1.88 bits per heavy atom. The predicted octanol–water partition coefficient (Wildman–Crippen LogP) is 4.16. The van der Waals surface area contributed by atoms with Crippen LogP contribution >= 0.6 is 11.6 Å². The number of carbonyl (C=O) groups excluding carboxylic acids is 2. The van der Waals surface area contributed by atoms with Gasteiger partial charge in [-0.15, -0.1) is 5.10 Å². The fourth-order valence-corrected chi connectivity index (χ4v) is 4.84. The fraction of sp³-hybridized carbons (Fsp3) is 0.207. The number of carbonyl (C=O) groups is 2. The Morgan fingerprint density at radius 1 is 1.07 bits per heavy atom. The van der Waals surface area contributed by atoms with E-state index in [9.17, 15) is 9.59 Å². The van der Waals surface area contributed by atoms with E-state index in [1.54, 1.807) is 17.7 Å². The van der Waals surface area contributed by atoms with Crippen molar-refractivity contribution in [1.82, 2.24) is 29.8 Å². The number of aromatic nitrogens is 4. The average molecular weight is 572 g/mol. The number of para-hydroxylation sites is 1. The monoisotopic (exact) mass is 571 g/mol. The van der Waals surface area contributed by atoms with E-state index in [1.807, 2.05) is 66.7 Å². The summed E-state index contributed by atoms with van der Waals surface area (Å²) in [4.78, 5) is 37.0. The molecule has 2 aromatic heterocycles. The third kappa shape index (κ3) is 5.44. The summed E-state index contributed by atoms with van der Waals surface area (Å²) in [5.41, 5.74) is 2.66. The minimum Gasteiger partial charge on any atom is -0.497 e. The maximum atomic E-state index is 13.1. The molecule has 1 aliphatic rings. The van der Waals surface area contributed by atoms with Gasteiger partial charge in [-0.1, -0.05) is 48.0 Å². The fourth-order valence-electron chi connectivity index (χ4n) is 4.63. The maximum Gasteiger partial charge on any atom is 0.410 e. The van der Waals surface area contributed by atoms with Crippen LogP contribution in [0.3, 0.4) is 0 Å². The molecule has 208 valence electrons. The zero-order valence-electron chi connectivity index (χ0n) is 22.1. The Kier molecular flexibility index (Phi) is 7.26. The molecule has 6 rings (SSSR count). The van der Waals surface area contributed by atoms with E-state index in [1.165, 1.54) is 4.90 Å². The van der Waals surface area contributed by atoms with Crippen LogP contribution in [0.25, 0.3) is 27.9 Å². The summed E-state index contributed by atoms with van der Waals surface area (Å²) in [6.45, 7) is 0.779. The van der Waals surface area contributed by atoms with Crippen LogP contribution in [0.15, 0.2) is 72.8 Å². The zero-order chi connectivity index (χ0) is 28.3. The molecule has 11 nitrogen and oxygen atoms in total. The molecule has 2 N–H and O–H groups in total. The minimum absolute atomic E-state index is 0.0588. The van der Waals surface area contributed by atoms with Crippen LogP contribution in [0.5, 0.6) is 5.75 Å². The lowest BCUT2D eigenvalue weighted by Crippen LogP contribution is -2.44. The van der Waals surface area contributed by atoms with Crippen LogP contribution in [0.2, 0.25) is 5.02 Å². The van der Waals surface area contributed by atoms with Gasteiger partial charge in [-0.2, -0.15) is 4.52 Å². The van der Waals surface area contributed by atoms with Crippen molar-refractivity contribution >= 4 is 46.1 Å². The van der Waals surface area contributed by atoms with Gasteiger partial charge in [0.25, 0.3) is 0 Å². The molecule has 0 spiro atoms. The third-order valence-electron chi connectivity index (χ3n) is 6.77. The van der Waals surface area contributed by atoms with Crippen molar-refractivity contribution in [3.8, 4) is 17.1 Å². The lowest BCUT2D eigenvalue weighted by molar-refractivity contribution is -0.121. The first-order valence-electron chi connectivity index (χ1n) is 13.0. The molecule has 2 amide bonds. The molecule has 0 unspecified atom stereocenters. The highest BCUT2D eigenvalue weighted by Crippen LogP contribution is 2.29. The van der Waals surface area contributed by atoms with Crippen molar-refractivity contribution in [2.24, 2.45) is 0 Å². The maximum absolute atomic E-state index is 13.1. The lowest BCUT2D eigenvalue weighted by atomic mass is 10.2. The molecule has 3 heterocycles. The van der Waals surface area contributed by atoms with Gasteiger partial charge in [-0.25, -0.2) is 14.8 Å². The highest BCUT2D eigenvalue weighted by Gasteiger charge is 2.30. The number of hydrogen-bond acceptors (Lipinski definition) is 8. The van der Waals surface area contributed by atoms with E-state index in [0.29, 0.717) is 39.7 Å². The van der Waals surface area contributed by atoms with Gasteiger partial charge in [0.15, 0.2) is 11.5 Å². The average Bonchev–Trinajstić information content (AvgIpc) is 3.38. The summed E-state index contributed by atoms with van der Waals surface area (Å²) >= 11 is 6.52. The highest BCUT2D eigenvalue weighted by molar-refractivity contribution is 6.35. The number of methoxy groups -OCH3 is 1. The van der Waals surface area contributed by atoms with Crippen molar-refractivity contribution in [1.29, 1.82) is 0 Å². The molecule has 41 heavy (non-hydrogen) atoms. The van der Waals surface area contributed by atoms with Crippen LogP contribution in [0.1, 0.15) is 5.56 Å². The number of ether oxygens (including phenoxy) is 2. The Morgan fingerprint density at radius 3 is 2.66 bits per heavy atom. The summed E-state index contributed by atoms with van der Waals surface area (Å²) in [5, 5.41) is 11.9. The van der Waals surface area contributed by atoms with Gasteiger partial charge in [0.05, 0.1) is 24.2 Å². The largest absolute Gasteiger partial charge is 0.497 e. The van der Waals surface area contributed by atoms with Gasteiger partial charge in [0, 0.05) is 24.0 Å². The lowest BCUT2D eigenvalue weighted by Gasteiger charge is -2.23. The molecule has 5 aromatic rings. The second kappa shape index (κ2) is 11.3. The molecule has 1 fully saturated rings. The molecule has 12 heteroatoms. The first-order chi connectivity index (χ1) is 20.0. The number of nitrogens with one attached hydrogen (secondary N) is 2. The molecule has 0 bridgehead atoms. The number of anilines is 1. The second-order valence-electron chi connectivity index (χ2n) is 9.44. The van der Waals surface area contributed by atoms with Gasteiger partial charge in [0.2, 0.25) is 11.9 Å². The van der Waals surface area contributed by atoms with E-state index < -0.39 is 12.1 Å². The topological polar surface area (TPSA) is 123 Å². The molecule has 1 saturated heterocycles. The van der Waals surface area contributed by atoms with Gasteiger partial charge >= 0.3 is 6.09 Å². The summed E-state index contributed by atoms with van der Waals surface area (Å²) in [7, 11) is 1.60. The summed E-state index contributed by atoms with van der Waals surface area (Å²) < 4.78 is 12.3. The van der Waals surface area contributed by atoms with Gasteiger partial charge in [-0.3, -0.25) is 4.79 Å². The van der Waals surface area contributed by atoms with E-state index >= 15 is 0 Å². The van der Waals surface area contributed by atoms with Crippen molar-refractivity contribution in [2.45, 2.75) is 12.6 Å². The highest BCUT2D eigenvalue weighted by atomic mass is 35.5. The van der Waals surface area contributed by atoms with Crippen LogP contribution in [-0.2, 0) is 16.1 Å². The van der Waals surface area contributed by atoms with E-state index in [-0.39, 0.29) is 31.6 Å². The number of benzene rings is 3. The number of amides is 2. The molecule has 0 aliphatic carbocycles. The molecular weight excluding hydrogens is 546 g/mol. The van der Waals surface area contributed by atoms with Crippen molar-refractivity contribution in [2.75, 3.05) is 32.1 Å². The number of fused-ring (bicyclic) bond motifs is 3. The van der Waals surface area contributed by atoms with Crippen LogP contribution in [0, 0.1) is 0 Å². The Hall–Kier alpha value is -4.90. The smallest absolute Gasteiger partial charge is 0.410 e. The van der Waals surface area contributed by atoms with E-state index in [2.05, 4.69) is 10.6 Å². The van der Waals surface area contributed by atoms with E-state index in [0.717, 1.165) is 11.1 Å². The Bertz CT molecular complexity index is 1730. The standard InChI is InChI=1S/C29H26ClN7O4/c1-40-20-12-10-19(11-13-20)25-34-26-21-8-5-9-22(30)24(21)33-28(37(26)35-25)32-23-16-36(15-14-31-27(23)38)29(39)41-17-18-6-3-2-4-7-18/h2-13,23H,14-17H2,1H3,(H,31,38)(H,32,33)/t23-/m1/s1. The molecule has 3 aromatic carbocycles. The zero-order valence-corrected chi connectivity index (χ0v) is 22.8. The second-order valence-corrected chi connectivity index (χ2v) is 9.85. The first-order valence-corrected chi connectivity index (χ1v) is 13.4. The quantitative estimate of drug-likeness (QED) is 0.311. The molecular formula is C29H26ClN7O4. The Labute approximate surface area is 240 Å². The number of rotatable bonds is 6. The van der Waals surface area contributed by atoms with Crippen molar-refractivity contribution in [3.63, 3.8) is 0 Å². The van der Waals surface area contributed by atoms with Crippen LogP contribution in [0.4, 0.5) is 10.7 Å². The van der Waals surface area contributed by atoms with Crippen molar-refractivity contribution < 1.29 is 19.1 Å². The van der Waals surface area contributed by atoms with Gasteiger partial charge < -0.3 is 25.0 Å². The minimum atomic E-state index is -0.842. The Balaban J connectivity index is 1.32. The summed E-state index contributed by atoms with van der Waals surface area (Å²) in [6, 6.07) is 21.4. The van der Waals surface area contributed by atoms with E-state index in [4.69, 9.17) is 36.1 Å². The first kappa shape index (κ1) is 26.3. The van der Waals surface area contributed by atoms with Crippen LogP contribution < -0.4 is 15.4 Å². The summed E-state index contributed by atoms with van der Waals surface area (Å²) in [6.07, 6.45) is -0.514. The molecule has 0 saturated carbocycles. The molecule has 0 radical (unpaired) electrons. The molecule has 1 atom stereocenters. The van der Waals surface area contributed by atoms with Gasteiger partial charge in [-0.05, 0) is 42.0 Å². The molecule has 1 aliphatic heterocycles. The summed E-state index contributed by atoms with van der Waals surface area (Å²) in [5.74, 6) is 1.15. The number of nitrogens with zero attached hydrogens (tertiary/aromatic N) is 5. The third-order valence-corrected chi connectivity index (χ3v) is 7.07. The normalized spacial score (nSPS) is 15.4. The van der Waals surface area contributed by atoms with Crippen molar-refractivity contribution in [3.05, 3.63) is 83.4 Å². The SMILES string of the molecule is COc1ccc(-c2nc3c4cccc(Cl)c4nc(N[C@@H]4CN(C(=O)OCc5ccccc5)CCNC4=O)n3n2)cc1. The predicted molar refractivity (Wildman–Crippen MR) is 154 cm³/mol.